The minimum Gasteiger partial charge on any atom is -0.397 e. The highest BCUT2D eigenvalue weighted by molar-refractivity contribution is 9.10. The molecule has 2 aromatic rings. The molecule has 3 rings (SSSR count). The molecule has 6 N–H and O–H groups in total. The van der Waals surface area contributed by atoms with Crippen molar-refractivity contribution in [2.45, 2.75) is 6.04 Å². The number of aliphatic imine (C=N–C) groups is 1. The summed E-state index contributed by atoms with van der Waals surface area (Å²) in [5.74, 6) is -0.362. The Balaban J connectivity index is 2.30. The smallest absolute Gasteiger partial charge is 0.211 e. The molecule has 1 aromatic carbocycles. The summed E-state index contributed by atoms with van der Waals surface area (Å²) in [7, 11) is 0. The third-order valence-electron chi connectivity index (χ3n) is 3.69. The van der Waals surface area contributed by atoms with Crippen LogP contribution in [-0.2, 0) is 0 Å². The van der Waals surface area contributed by atoms with Crippen LogP contribution in [-0.4, -0.2) is 10.9 Å². The molecular formula is C15H9BrClFN8. The fraction of sp³-hybridized carbons (Fsp3) is 0.0667. The van der Waals surface area contributed by atoms with Crippen molar-refractivity contribution in [2.75, 3.05) is 16.8 Å². The zero-order chi connectivity index (χ0) is 19.0. The van der Waals surface area contributed by atoms with E-state index in [4.69, 9.17) is 28.3 Å². The number of nitrogens with two attached hydrogens (primary N) is 2. The van der Waals surface area contributed by atoms with Gasteiger partial charge in [0.25, 0.3) is 0 Å². The van der Waals surface area contributed by atoms with E-state index in [2.05, 4.69) is 36.5 Å². The van der Waals surface area contributed by atoms with Gasteiger partial charge in [-0.2, -0.15) is 10.5 Å². The fourth-order valence-electron chi connectivity index (χ4n) is 2.55. The van der Waals surface area contributed by atoms with Crippen LogP contribution in [0.5, 0.6) is 0 Å². The lowest BCUT2D eigenvalue weighted by atomic mass is 9.95. The van der Waals surface area contributed by atoms with E-state index in [1.165, 1.54) is 12.1 Å². The average Bonchev–Trinajstić information content (AvgIpc) is 2.58. The lowest BCUT2D eigenvalue weighted by Gasteiger charge is -2.26. The van der Waals surface area contributed by atoms with E-state index in [1.54, 1.807) is 6.19 Å². The number of nitrogen functional groups attached to an aromatic ring is 2. The van der Waals surface area contributed by atoms with Crippen molar-refractivity contribution in [3.05, 3.63) is 44.1 Å². The highest BCUT2D eigenvalue weighted by atomic mass is 79.9. The Kier molecular flexibility index (Phi) is 4.55. The second kappa shape index (κ2) is 6.67. The number of nitrogens with zero attached hydrogens (tertiary/aromatic N) is 4. The van der Waals surface area contributed by atoms with Crippen LogP contribution in [0.1, 0.15) is 22.7 Å². The quantitative estimate of drug-likeness (QED) is 0.305. The van der Waals surface area contributed by atoms with Gasteiger partial charge in [-0.05, 0) is 17.7 Å². The van der Waals surface area contributed by atoms with Crippen molar-refractivity contribution in [3.63, 3.8) is 0 Å². The predicted molar refractivity (Wildman–Crippen MR) is 98.5 cm³/mol. The van der Waals surface area contributed by atoms with Crippen molar-refractivity contribution in [1.29, 1.82) is 10.5 Å². The first-order valence-electron chi connectivity index (χ1n) is 7.00. The summed E-state index contributed by atoms with van der Waals surface area (Å²) in [6, 6.07) is 3.67. The first-order chi connectivity index (χ1) is 12.4. The van der Waals surface area contributed by atoms with E-state index in [-0.39, 0.29) is 33.9 Å². The summed E-state index contributed by atoms with van der Waals surface area (Å²) in [4.78, 5) is 8.51. The van der Waals surface area contributed by atoms with Crippen molar-refractivity contribution < 1.29 is 4.39 Å². The Bertz CT molecular complexity index is 1040. The molecule has 1 atom stereocenters. The van der Waals surface area contributed by atoms with E-state index in [1.807, 2.05) is 6.07 Å². The van der Waals surface area contributed by atoms with Gasteiger partial charge in [0, 0.05) is 10.0 Å². The molecule has 2 heterocycles. The van der Waals surface area contributed by atoms with E-state index in [0.717, 1.165) is 0 Å². The van der Waals surface area contributed by atoms with Crippen molar-refractivity contribution in [1.82, 2.24) is 10.3 Å². The Morgan fingerprint density at radius 1 is 1.35 bits per heavy atom. The van der Waals surface area contributed by atoms with Gasteiger partial charge in [-0.1, -0.05) is 27.5 Å². The van der Waals surface area contributed by atoms with Crippen molar-refractivity contribution in [2.24, 2.45) is 4.99 Å². The van der Waals surface area contributed by atoms with Gasteiger partial charge in [0.2, 0.25) is 5.96 Å². The topological polar surface area (TPSA) is 149 Å². The molecule has 1 aromatic heterocycles. The number of benzene rings is 1. The third-order valence-corrected chi connectivity index (χ3v) is 4.67. The Hall–Kier alpha value is -3.08. The van der Waals surface area contributed by atoms with Gasteiger partial charge in [0.15, 0.2) is 6.19 Å². The van der Waals surface area contributed by atoms with Gasteiger partial charge in [-0.25, -0.2) is 14.4 Å². The van der Waals surface area contributed by atoms with Crippen LogP contribution in [0, 0.1) is 28.6 Å². The maximum Gasteiger partial charge on any atom is 0.211 e. The summed E-state index contributed by atoms with van der Waals surface area (Å²) in [6.45, 7) is 0. The van der Waals surface area contributed by atoms with E-state index in [9.17, 15) is 9.65 Å². The number of hydrogen-bond donors (Lipinski definition) is 4. The Morgan fingerprint density at radius 2 is 2.08 bits per heavy atom. The van der Waals surface area contributed by atoms with Crippen LogP contribution < -0.4 is 22.1 Å². The minimum atomic E-state index is -0.810. The molecule has 1 aliphatic heterocycles. The maximum absolute atomic E-state index is 13.7. The second-order valence-corrected chi connectivity index (χ2v) is 6.45. The molecule has 0 fully saturated rings. The Morgan fingerprint density at radius 3 is 2.73 bits per heavy atom. The van der Waals surface area contributed by atoms with Gasteiger partial charge in [0.1, 0.15) is 35.1 Å². The summed E-state index contributed by atoms with van der Waals surface area (Å²) in [6.07, 6.45) is 1.74. The molecule has 0 radical (unpaired) electrons. The number of anilines is 3. The highest BCUT2D eigenvalue weighted by Gasteiger charge is 2.31. The normalized spacial score (nSPS) is 15.1. The SMILES string of the molecule is N#CNC1=NC(c2cc(Cl)c(F)cc2Br)c2c(nc(N)c(C#N)c2N)N1. The first kappa shape index (κ1) is 17.7. The maximum atomic E-state index is 13.7. The number of fused-ring (bicyclic) bond motifs is 1. The summed E-state index contributed by atoms with van der Waals surface area (Å²) in [5.41, 5.74) is 12.8. The molecule has 0 amide bonds. The molecule has 8 nitrogen and oxygen atoms in total. The van der Waals surface area contributed by atoms with Crippen molar-refractivity contribution >= 4 is 50.8 Å². The molecule has 0 aliphatic carbocycles. The average molecular weight is 436 g/mol. The van der Waals surface area contributed by atoms with Crippen molar-refractivity contribution in [3.8, 4) is 12.3 Å². The second-order valence-electron chi connectivity index (χ2n) is 5.19. The Labute approximate surface area is 160 Å². The molecular weight excluding hydrogens is 427 g/mol. The molecule has 0 saturated carbocycles. The minimum absolute atomic E-state index is 0.00627. The number of rotatable bonds is 1. The van der Waals surface area contributed by atoms with Crippen LogP contribution in [0.2, 0.25) is 5.02 Å². The molecule has 0 saturated heterocycles. The lowest BCUT2D eigenvalue weighted by molar-refractivity contribution is 0.625. The van der Waals surface area contributed by atoms with Gasteiger partial charge in [0.05, 0.1) is 10.7 Å². The van der Waals surface area contributed by atoms with Crippen LogP contribution in [0.3, 0.4) is 0 Å². The first-order valence-corrected chi connectivity index (χ1v) is 8.17. The van der Waals surface area contributed by atoms with E-state index >= 15 is 0 Å². The zero-order valence-electron chi connectivity index (χ0n) is 12.8. The molecule has 26 heavy (non-hydrogen) atoms. The standard InChI is InChI=1S/C15H9BrClFN8/c16-7-2-9(18)8(17)1-5(7)12-10-11(21)6(3-19)13(22)25-14(10)26-15(24-12)23-4-20/h1-2,12H,(H6,21,22,23,24,25,26). The number of halogens is 3. The molecule has 0 bridgehead atoms. The van der Waals surface area contributed by atoms with Gasteiger partial charge >= 0.3 is 0 Å². The zero-order valence-corrected chi connectivity index (χ0v) is 15.2. The van der Waals surface area contributed by atoms with Crippen LogP contribution in [0.25, 0.3) is 0 Å². The molecule has 0 spiro atoms. The predicted octanol–water partition coefficient (Wildman–Crippen LogP) is 2.61. The number of hydrogen-bond acceptors (Lipinski definition) is 8. The van der Waals surface area contributed by atoms with Crippen LogP contribution in [0.15, 0.2) is 21.6 Å². The van der Waals surface area contributed by atoms with Gasteiger partial charge in [-0.3, -0.25) is 5.32 Å². The van der Waals surface area contributed by atoms with E-state index < -0.39 is 11.9 Å². The molecule has 1 aliphatic rings. The number of guanidine groups is 1. The number of aromatic nitrogens is 1. The van der Waals surface area contributed by atoms with Gasteiger partial charge < -0.3 is 16.8 Å². The summed E-state index contributed by atoms with van der Waals surface area (Å²) < 4.78 is 14.1. The number of pyridine rings is 1. The largest absolute Gasteiger partial charge is 0.397 e. The molecule has 11 heteroatoms. The number of nitriles is 2. The van der Waals surface area contributed by atoms with E-state index in [0.29, 0.717) is 15.6 Å². The van der Waals surface area contributed by atoms with Crippen LogP contribution in [0.4, 0.5) is 21.7 Å². The monoisotopic (exact) mass is 434 g/mol. The summed E-state index contributed by atoms with van der Waals surface area (Å²) >= 11 is 9.18. The third kappa shape index (κ3) is 2.86. The fourth-order valence-corrected chi connectivity index (χ4v) is 3.26. The number of nitrogens with one attached hydrogen (secondary N) is 2. The highest BCUT2D eigenvalue weighted by Crippen LogP contribution is 2.43. The van der Waals surface area contributed by atoms with Gasteiger partial charge in [-0.15, -0.1) is 0 Å². The molecule has 1 unspecified atom stereocenters. The summed E-state index contributed by atoms with van der Waals surface area (Å²) in [5, 5.41) is 23.2. The lowest BCUT2D eigenvalue weighted by Crippen LogP contribution is -2.32. The molecule has 130 valence electrons. The van der Waals surface area contributed by atoms with Crippen LogP contribution >= 0.6 is 27.5 Å².